The van der Waals surface area contributed by atoms with Gasteiger partial charge in [-0.3, -0.25) is 0 Å². The maximum absolute atomic E-state index is 12.8. The van der Waals surface area contributed by atoms with Crippen LogP contribution in [0.1, 0.15) is 0 Å². The maximum atomic E-state index is 12.8. The number of aromatic nitrogens is 2. The molecule has 12 heavy (non-hydrogen) atoms. The summed E-state index contributed by atoms with van der Waals surface area (Å²) in [7, 11) is 0. The van der Waals surface area contributed by atoms with Gasteiger partial charge in [0.15, 0.2) is 0 Å². The molecule has 0 radical (unpaired) electrons. The van der Waals surface area contributed by atoms with E-state index in [1.807, 2.05) is 0 Å². The fourth-order valence-electron chi connectivity index (χ4n) is 1.10. The van der Waals surface area contributed by atoms with Gasteiger partial charge in [0, 0.05) is 0 Å². The van der Waals surface area contributed by atoms with E-state index < -0.39 is 5.82 Å². The summed E-state index contributed by atoms with van der Waals surface area (Å²) in [6.07, 6.45) is 0. The number of benzene rings is 1. The molecular formula is C7H6FN3O. The minimum Gasteiger partial charge on any atom is -0.395 e. The average Bonchev–Trinajstić information content (AvgIpc) is 2.39. The fraction of sp³-hybridized carbons (Fsp3) is 0. The van der Waals surface area contributed by atoms with Gasteiger partial charge in [-0.2, -0.15) is 0 Å². The third-order valence-electron chi connectivity index (χ3n) is 1.68. The van der Waals surface area contributed by atoms with E-state index in [2.05, 4.69) is 9.97 Å². The van der Waals surface area contributed by atoms with Crippen LogP contribution in [0.3, 0.4) is 0 Å². The second kappa shape index (κ2) is 2.10. The van der Waals surface area contributed by atoms with E-state index in [4.69, 9.17) is 5.73 Å². The molecule has 1 aromatic heterocycles. The molecule has 0 aliphatic rings. The topological polar surface area (TPSA) is 74.7 Å². The number of nitrogen functional groups attached to an aromatic ring is 1. The van der Waals surface area contributed by atoms with E-state index in [9.17, 15) is 9.18 Å². The first-order chi connectivity index (χ1) is 5.68. The monoisotopic (exact) mass is 167 g/mol. The van der Waals surface area contributed by atoms with Gasteiger partial charge in [0.25, 0.3) is 0 Å². The first-order valence-electron chi connectivity index (χ1n) is 3.34. The Morgan fingerprint density at radius 3 is 2.83 bits per heavy atom. The van der Waals surface area contributed by atoms with Crippen molar-refractivity contribution in [3.8, 4) is 0 Å². The Bertz CT molecular complexity index is 485. The van der Waals surface area contributed by atoms with Gasteiger partial charge in [0.2, 0.25) is 0 Å². The minimum absolute atomic E-state index is 0.0362. The van der Waals surface area contributed by atoms with Crippen LogP contribution in [0.4, 0.5) is 10.1 Å². The molecule has 1 aromatic carbocycles. The van der Waals surface area contributed by atoms with E-state index >= 15 is 0 Å². The molecule has 4 N–H and O–H groups in total. The largest absolute Gasteiger partial charge is 0.395 e. The number of fused-ring (bicyclic) bond motifs is 1. The molecule has 0 saturated carbocycles. The van der Waals surface area contributed by atoms with Crippen LogP contribution in [0.2, 0.25) is 0 Å². The lowest BCUT2D eigenvalue weighted by Crippen LogP contribution is -1.99. The lowest BCUT2D eigenvalue weighted by atomic mass is 10.2. The summed E-state index contributed by atoms with van der Waals surface area (Å²) < 4.78 is 12.8. The number of rotatable bonds is 0. The molecule has 0 unspecified atom stereocenters. The molecule has 4 nitrogen and oxygen atoms in total. The van der Waals surface area contributed by atoms with Crippen LogP contribution in [-0.4, -0.2) is 9.97 Å². The minimum atomic E-state index is -0.530. The summed E-state index contributed by atoms with van der Waals surface area (Å²) >= 11 is 0. The SMILES string of the molecule is Nc1c(F)ccc2[nH]c(=O)[nH]c12. The Hall–Kier alpha value is -1.78. The van der Waals surface area contributed by atoms with E-state index in [1.54, 1.807) is 0 Å². The predicted octanol–water partition coefficient (Wildman–Crippen LogP) is 0.578. The van der Waals surface area contributed by atoms with Crippen molar-refractivity contribution in [1.29, 1.82) is 0 Å². The number of hydrogen-bond acceptors (Lipinski definition) is 2. The average molecular weight is 167 g/mol. The van der Waals surface area contributed by atoms with Crippen LogP contribution in [-0.2, 0) is 0 Å². The quantitative estimate of drug-likeness (QED) is 0.502. The molecule has 2 rings (SSSR count). The number of halogens is 1. The summed E-state index contributed by atoms with van der Waals surface area (Å²) in [6, 6.07) is 2.67. The van der Waals surface area contributed by atoms with Gasteiger partial charge in [0.05, 0.1) is 16.7 Å². The van der Waals surface area contributed by atoms with Gasteiger partial charge >= 0.3 is 5.69 Å². The molecule has 2 aromatic rings. The number of anilines is 1. The van der Waals surface area contributed by atoms with Gasteiger partial charge < -0.3 is 15.7 Å². The van der Waals surface area contributed by atoms with Crippen molar-refractivity contribution in [2.24, 2.45) is 0 Å². The van der Waals surface area contributed by atoms with Crippen molar-refractivity contribution in [3.05, 3.63) is 28.4 Å². The van der Waals surface area contributed by atoms with Crippen molar-refractivity contribution in [1.82, 2.24) is 9.97 Å². The van der Waals surface area contributed by atoms with E-state index in [0.29, 0.717) is 11.0 Å². The summed E-state index contributed by atoms with van der Waals surface area (Å²) in [4.78, 5) is 15.6. The maximum Gasteiger partial charge on any atom is 0.323 e. The highest BCUT2D eigenvalue weighted by atomic mass is 19.1. The van der Waals surface area contributed by atoms with Gasteiger partial charge in [0.1, 0.15) is 5.82 Å². The molecule has 0 atom stereocenters. The second-order valence-electron chi connectivity index (χ2n) is 2.46. The Morgan fingerprint density at radius 1 is 1.33 bits per heavy atom. The molecule has 5 heteroatoms. The van der Waals surface area contributed by atoms with Crippen molar-refractivity contribution in [3.63, 3.8) is 0 Å². The van der Waals surface area contributed by atoms with Crippen LogP contribution in [0, 0.1) is 5.82 Å². The van der Waals surface area contributed by atoms with Crippen LogP contribution in [0.5, 0.6) is 0 Å². The molecule has 0 bridgehead atoms. The van der Waals surface area contributed by atoms with Crippen LogP contribution in [0.15, 0.2) is 16.9 Å². The Morgan fingerprint density at radius 2 is 2.08 bits per heavy atom. The zero-order valence-corrected chi connectivity index (χ0v) is 6.02. The van der Waals surface area contributed by atoms with Crippen molar-refractivity contribution < 1.29 is 4.39 Å². The van der Waals surface area contributed by atoms with Gasteiger partial charge in [-0.15, -0.1) is 0 Å². The molecular weight excluding hydrogens is 161 g/mol. The third-order valence-corrected chi connectivity index (χ3v) is 1.68. The molecule has 0 aliphatic heterocycles. The highest BCUT2D eigenvalue weighted by Gasteiger charge is 2.05. The summed E-state index contributed by atoms with van der Waals surface area (Å²) in [6.45, 7) is 0. The number of imidazole rings is 1. The standard InChI is InChI=1S/C7H6FN3O/c8-3-1-2-4-6(5(3)9)11-7(12)10-4/h1-2H,9H2,(H2,10,11,12). The molecule has 0 saturated heterocycles. The highest BCUT2D eigenvalue weighted by molar-refractivity contribution is 5.86. The molecule has 0 fully saturated rings. The van der Waals surface area contributed by atoms with Crippen molar-refractivity contribution >= 4 is 16.7 Å². The van der Waals surface area contributed by atoms with Gasteiger partial charge in [-0.25, -0.2) is 9.18 Å². The molecule has 62 valence electrons. The zero-order valence-electron chi connectivity index (χ0n) is 6.02. The van der Waals surface area contributed by atoms with E-state index in [-0.39, 0.29) is 11.4 Å². The predicted molar refractivity (Wildman–Crippen MR) is 43.3 cm³/mol. The smallest absolute Gasteiger partial charge is 0.323 e. The Labute approximate surface area is 66.2 Å². The third kappa shape index (κ3) is 0.795. The normalized spacial score (nSPS) is 10.8. The number of aromatic amines is 2. The second-order valence-corrected chi connectivity index (χ2v) is 2.46. The van der Waals surface area contributed by atoms with Gasteiger partial charge in [-0.1, -0.05) is 0 Å². The van der Waals surface area contributed by atoms with E-state index in [1.165, 1.54) is 12.1 Å². The first kappa shape index (κ1) is 6.90. The lowest BCUT2D eigenvalue weighted by molar-refractivity contribution is 0.634. The van der Waals surface area contributed by atoms with E-state index in [0.717, 1.165) is 0 Å². The summed E-state index contributed by atoms with van der Waals surface area (Å²) in [5.74, 6) is -0.530. The number of hydrogen-bond donors (Lipinski definition) is 3. The number of nitrogens with one attached hydrogen (secondary N) is 2. The van der Waals surface area contributed by atoms with Gasteiger partial charge in [-0.05, 0) is 12.1 Å². The zero-order chi connectivity index (χ0) is 8.72. The first-order valence-corrected chi connectivity index (χ1v) is 3.34. The van der Waals surface area contributed by atoms with Crippen LogP contribution in [0.25, 0.3) is 11.0 Å². The molecule has 0 aliphatic carbocycles. The Balaban J connectivity index is 2.99. The summed E-state index contributed by atoms with van der Waals surface area (Å²) in [5, 5.41) is 0. The molecule has 0 amide bonds. The van der Waals surface area contributed by atoms with Crippen LogP contribution >= 0.6 is 0 Å². The fourth-order valence-corrected chi connectivity index (χ4v) is 1.10. The molecule has 1 heterocycles. The Kier molecular flexibility index (Phi) is 1.21. The van der Waals surface area contributed by atoms with Crippen LogP contribution < -0.4 is 11.4 Å². The lowest BCUT2D eigenvalue weighted by Gasteiger charge is -1.95. The number of H-pyrrole nitrogens is 2. The number of nitrogens with two attached hydrogens (primary N) is 1. The van der Waals surface area contributed by atoms with Crippen molar-refractivity contribution in [2.75, 3.05) is 5.73 Å². The summed E-state index contributed by atoms with van der Waals surface area (Å²) in [5.41, 5.74) is 5.78. The highest BCUT2D eigenvalue weighted by Crippen LogP contribution is 2.18. The van der Waals surface area contributed by atoms with Crippen molar-refractivity contribution in [2.45, 2.75) is 0 Å². The molecule has 0 spiro atoms.